The van der Waals surface area contributed by atoms with Crippen LogP contribution < -0.4 is 0 Å². The molecule has 1 atom stereocenters. The topological polar surface area (TPSA) is 25.8 Å². The first kappa shape index (κ1) is 27.2. The van der Waals surface area contributed by atoms with Crippen LogP contribution in [0.15, 0.2) is 152 Å². The summed E-state index contributed by atoms with van der Waals surface area (Å²) in [5.74, 6) is 0. The molecule has 2 heteroatoms. The molecule has 7 aromatic rings. The number of hydrogen-bond donors (Lipinski definition) is 0. The Kier molecular flexibility index (Phi) is 6.84. The third-order valence-corrected chi connectivity index (χ3v) is 9.59. The number of rotatable bonds is 5. The summed E-state index contributed by atoms with van der Waals surface area (Å²) in [5, 5.41) is 5.19. The SMILES string of the molecule is CC1(c2ccncc2)C=C(c2c3ccccc3c(-c3cccc(-c4ccncc4)c3)c3cc(-c4ccccc4)ccc23)CCC1. The van der Waals surface area contributed by atoms with Gasteiger partial charge in [0.2, 0.25) is 0 Å². The highest BCUT2D eigenvalue weighted by molar-refractivity contribution is 6.19. The normalized spacial score (nSPS) is 16.5. The van der Waals surface area contributed by atoms with Crippen LogP contribution in [0.1, 0.15) is 37.3 Å². The molecule has 2 aromatic heterocycles. The molecule has 2 nitrogen and oxygen atoms in total. The van der Waals surface area contributed by atoms with Crippen LogP contribution in [0.3, 0.4) is 0 Å². The fourth-order valence-electron chi connectivity index (χ4n) is 7.38. The predicted octanol–water partition coefficient (Wildman–Crippen LogP) is 11.3. The van der Waals surface area contributed by atoms with Crippen LogP contribution in [-0.4, -0.2) is 9.97 Å². The molecule has 2 heterocycles. The van der Waals surface area contributed by atoms with E-state index in [4.69, 9.17) is 0 Å². The molecule has 0 amide bonds. The molecule has 0 N–H and O–H groups in total. The van der Waals surface area contributed by atoms with Gasteiger partial charge in [0.1, 0.15) is 0 Å². The Hall–Kier alpha value is -5.34. The van der Waals surface area contributed by atoms with E-state index in [1.165, 1.54) is 71.6 Å². The highest BCUT2D eigenvalue weighted by atomic mass is 14.6. The van der Waals surface area contributed by atoms with Crippen molar-refractivity contribution in [2.45, 2.75) is 31.6 Å². The van der Waals surface area contributed by atoms with Crippen LogP contribution in [0.5, 0.6) is 0 Å². The second-order valence-electron chi connectivity index (χ2n) is 12.4. The summed E-state index contributed by atoms with van der Waals surface area (Å²) in [4.78, 5) is 8.55. The van der Waals surface area contributed by atoms with Crippen molar-refractivity contribution in [3.8, 4) is 33.4 Å². The van der Waals surface area contributed by atoms with Gasteiger partial charge in [0, 0.05) is 30.2 Å². The lowest BCUT2D eigenvalue weighted by Crippen LogP contribution is -2.22. The van der Waals surface area contributed by atoms with Crippen LogP contribution in [0, 0.1) is 0 Å². The first-order valence-corrected chi connectivity index (χ1v) is 15.9. The average molecular weight is 579 g/mol. The van der Waals surface area contributed by atoms with Gasteiger partial charge in [-0.25, -0.2) is 0 Å². The molecule has 0 saturated carbocycles. The Morgan fingerprint density at radius 1 is 0.489 bits per heavy atom. The smallest absolute Gasteiger partial charge is 0.0273 e. The molecule has 216 valence electrons. The zero-order chi connectivity index (χ0) is 30.2. The van der Waals surface area contributed by atoms with E-state index in [1.807, 2.05) is 24.8 Å². The summed E-state index contributed by atoms with van der Waals surface area (Å²) in [6, 6.07) is 44.4. The first-order chi connectivity index (χ1) is 22.2. The number of hydrogen-bond acceptors (Lipinski definition) is 2. The molecule has 1 unspecified atom stereocenters. The van der Waals surface area contributed by atoms with Crippen molar-refractivity contribution in [3.05, 3.63) is 163 Å². The van der Waals surface area contributed by atoms with E-state index >= 15 is 0 Å². The van der Waals surface area contributed by atoms with Crippen molar-refractivity contribution in [2.75, 3.05) is 0 Å². The zero-order valence-corrected chi connectivity index (χ0v) is 25.4. The van der Waals surface area contributed by atoms with Crippen molar-refractivity contribution in [1.29, 1.82) is 0 Å². The van der Waals surface area contributed by atoms with Crippen LogP contribution in [0.4, 0.5) is 0 Å². The highest BCUT2D eigenvalue weighted by Crippen LogP contribution is 2.48. The Balaban J connectivity index is 1.43. The van der Waals surface area contributed by atoms with E-state index in [2.05, 4.69) is 144 Å². The number of fused-ring (bicyclic) bond motifs is 2. The monoisotopic (exact) mass is 578 g/mol. The van der Waals surface area contributed by atoms with Gasteiger partial charge in [-0.2, -0.15) is 0 Å². The standard InChI is InChI=1S/C43H34N2/c1-43(36-20-25-45-26-21-36)22-8-13-35(29-43)42-38-15-6-5-14-37(38)41(34-12-7-11-32(27-34)31-18-23-44-24-19-31)40-28-33(16-17-39(40)42)30-9-3-2-4-10-30/h2-7,9-12,14-21,23-29H,8,13,22H2,1H3. The lowest BCUT2D eigenvalue weighted by molar-refractivity contribution is 0.502. The van der Waals surface area contributed by atoms with Crippen LogP contribution in [0.2, 0.25) is 0 Å². The molecule has 8 rings (SSSR count). The largest absolute Gasteiger partial charge is 0.265 e. The van der Waals surface area contributed by atoms with Gasteiger partial charge in [-0.05, 0) is 127 Å². The molecule has 0 spiro atoms. The number of nitrogens with zero attached hydrogens (tertiary/aromatic N) is 2. The minimum absolute atomic E-state index is 0.0362. The maximum Gasteiger partial charge on any atom is 0.0273 e. The summed E-state index contributed by atoms with van der Waals surface area (Å²) in [6.07, 6.45) is 13.5. The van der Waals surface area contributed by atoms with Gasteiger partial charge < -0.3 is 0 Å². The van der Waals surface area contributed by atoms with E-state index in [0.717, 1.165) is 19.3 Å². The lowest BCUT2D eigenvalue weighted by atomic mass is 9.71. The summed E-state index contributed by atoms with van der Waals surface area (Å²) < 4.78 is 0. The second kappa shape index (κ2) is 11.3. The van der Waals surface area contributed by atoms with E-state index in [1.54, 1.807) is 0 Å². The van der Waals surface area contributed by atoms with Crippen molar-refractivity contribution < 1.29 is 0 Å². The summed E-state index contributed by atoms with van der Waals surface area (Å²) in [7, 11) is 0. The van der Waals surface area contributed by atoms with E-state index < -0.39 is 0 Å². The Labute approximate surface area is 264 Å². The molecular formula is C43H34N2. The number of aromatic nitrogens is 2. The molecular weight excluding hydrogens is 544 g/mol. The van der Waals surface area contributed by atoms with Gasteiger partial charge in [-0.15, -0.1) is 0 Å². The third-order valence-electron chi connectivity index (χ3n) is 9.59. The molecule has 1 aliphatic carbocycles. The highest BCUT2D eigenvalue weighted by Gasteiger charge is 2.30. The Bertz CT molecular complexity index is 2180. The fourth-order valence-corrected chi connectivity index (χ4v) is 7.38. The molecule has 0 aliphatic heterocycles. The minimum atomic E-state index is -0.0362. The van der Waals surface area contributed by atoms with E-state index in [9.17, 15) is 0 Å². The second-order valence-corrected chi connectivity index (χ2v) is 12.4. The van der Waals surface area contributed by atoms with E-state index in [-0.39, 0.29) is 5.41 Å². The molecule has 0 saturated heterocycles. The minimum Gasteiger partial charge on any atom is -0.265 e. The average Bonchev–Trinajstić information content (AvgIpc) is 3.11. The van der Waals surface area contributed by atoms with Crippen LogP contribution in [0.25, 0.3) is 60.5 Å². The number of allylic oxidation sites excluding steroid dienone is 2. The zero-order valence-electron chi connectivity index (χ0n) is 25.4. The predicted molar refractivity (Wildman–Crippen MR) is 189 cm³/mol. The third kappa shape index (κ3) is 4.93. The Morgan fingerprint density at radius 2 is 1.09 bits per heavy atom. The van der Waals surface area contributed by atoms with E-state index in [0.29, 0.717) is 0 Å². The maximum atomic E-state index is 4.30. The Morgan fingerprint density at radius 3 is 1.87 bits per heavy atom. The van der Waals surface area contributed by atoms with Crippen molar-refractivity contribution in [1.82, 2.24) is 9.97 Å². The van der Waals surface area contributed by atoms with Gasteiger partial charge in [-0.3, -0.25) is 9.97 Å². The summed E-state index contributed by atoms with van der Waals surface area (Å²) in [5.41, 5.74) is 11.4. The number of benzene rings is 5. The molecule has 1 aliphatic rings. The van der Waals surface area contributed by atoms with Gasteiger partial charge in [0.15, 0.2) is 0 Å². The first-order valence-electron chi connectivity index (χ1n) is 15.9. The fraction of sp³-hybridized carbons (Fsp3) is 0.116. The van der Waals surface area contributed by atoms with Gasteiger partial charge >= 0.3 is 0 Å². The summed E-state index contributed by atoms with van der Waals surface area (Å²) in [6.45, 7) is 2.39. The van der Waals surface area contributed by atoms with Crippen LogP contribution >= 0.6 is 0 Å². The summed E-state index contributed by atoms with van der Waals surface area (Å²) >= 11 is 0. The maximum absolute atomic E-state index is 4.30. The molecule has 0 bridgehead atoms. The molecule has 0 radical (unpaired) electrons. The quantitative estimate of drug-likeness (QED) is 0.190. The van der Waals surface area contributed by atoms with Gasteiger partial charge in [0.25, 0.3) is 0 Å². The van der Waals surface area contributed by atoms with Crippen molar-refractivity contribution in [2.24, 2.45) is 0 Å². The molecule has 45 heavy (non-hydrogen) atoms. The van der Waals surface area contributed by atoms with Gasteiger partial charge in [0.05, 0.1) is 0 Å². The van der Waals surface area contributed by atoms with Gasteiger partial charge in [-0.1, -0.05) is 97.9 Å². The molecule has 5 aromatic carbocycles. The van der Waals surface area contributed by atoms with Crippen molar-refractivity contribution in [3.63, 3.8) is 0 Å². The lowest BCUT2D eigenvalue weighted by Gasteiger charge is -2.33. The number of pyridine rings is 2. The van der Waals surface area contributed by atoms with Crippen molar-refractivity contribution >= 4 is 27.1 Å². The van der Waals surface area contributed by atoms with Crippen LogP contribution in [-0.2, 0) is 5.41 Å². The molecule has 0 fully saturated rings.